The zero-order valence-electron chi connectivity index (χ0n) is 7.92. The SMILES string of the molecule is C1C2CC3CC1CC(C2)C3.O=CF. The Balaban J connectivity index is 0.000000196. The van der Waals surface area contributed by atoms with Crippen molar-refractivity contribution in [3.05, 3.63) is 0 Å². The van der Waals surface area contributed by atoms with Gasteiger partial charge in [-0.2, -0.15) is 4.39 Å². The minimum atomic E-state index is -0.750. The van der Waals surface area contributed by atoms with Crippen molar-refractivity contribution in [2.45, 2.75) is 38.5 Å². The molecule has 74 valence electrons. The first-order valence-electron chi connectivity index (χ1n) is 5.35. The van der Waals surface area contributed by atoms with Gasteiger partial charge < -0.3 is 0 Å². The summed E-state index contributed by atoms with van der Waals surface area (Å²) in [5, 5.41) is 0. The maximum absolute atomic E-state index is 9.61. The second-order valence-corrected chi connectivity index (χ2v) is 4.97. The van der Waals surface area contributed by atoms with Crippen LogP contribution in [0.1, 0.15) is 38.5 Å². The average Bonchev–Trinajstić information content (AvgIpc) is 2.01. The number of carbonyl (C=O) groups is 1. The van der Waals surface area contributed by atoms with Gasteiger partial charge in [0.25, 0.3) is 6.54 Å². The molecule has 0 aromatic carbocycles. The van der Waals surface area contributed by atoms with Crippen molar-refractivity contribution in [2.75, 3.05) is 0 Å². The summed E-state index contributed by atoms with van der Waals surface area (Å²) in [5.74, 6) is 4.71. The second-order valence-electron chi connectivity index (χ2n) is 4.97. The van der Waals surface area contributed by atoms with Crippen molar-refractivity contribution >= 4 is 6.54 Å². The highest BCUT2D eigenvalue weighted by atomic mass is 19.1. The molecular formula is C11H17FO. The lowest BCUT2D eigenvalue weighted by Gasteiger charge is -2.49. The fourth-order valence-electron chi connectivity index (χ4n) is 3.98. The van der Waals surface area contributed by atoms with E-state index in [0.717, 1.165) is 0 Å². The second kappa shape index (κ2) is 3.77. The summed E-state index contributed by atoms with van der Waals surface area (Å²) in [4.78, 5) is 8.14. The van der Waals surface area contributed by atoms with Gasteiger partial charge in [0.2, 0.25) is 0 Å². The molecule has 0 heterocycles. The van der Waals surface area contributed by atoms with Crippen molar-refractivity contribution in [2.24, 2.45) is 23.7 Å². The molecule has 0 amide bonds. The van der Waals surface area contributed by atoms with Crippen LogP contribution < -0.4 is 0 Å². The molecule has 0 aliphatic heterocycles. The van der Waals surface area contributed by atoms with E-state index in [1.165, 1.54) is 23.7 Å². The Morgan fingerprint density at radius 1 is 0.769 bits per heavy atom. The molecule has 0 atom stereocenters. The van der Waals surface area contributed by atoms with Crippen LogP contribution in [0.25, 0.3) is 0 Å². The van der Waals surface area contributed by atoms with E-state index in [1.54, 1.807) is 38.5 Å². The Labute approximate surface area is 78.7 Å². The molecule has 4 rings (SSSR count). The lowest BCUT2D eigenvalue weighted by Crippen LogP contribution is -2.38. The fourth-order valence-corrected chi connectivity index (χ4v) is 3.98. The van der Waals surface area contributed by atoms with Crippen LogP contribution in [0.3, 0.4) is 0 Å². The van der Waals surface area contributed by atoms with Crippen LogP contribution in [-0.4, -0.2) is 6.54 Å². The van der Waals surface area contributed by atoms with Gasteiger partial charge in [-0.1, -0.05) is 0 Å². The molecule has 13 heavy (non-hydrogen) atoms. The normalized spacial score (nSPS) is 45.3. The van der Waals surface area contributed by atoms with Crippen LogP contribution in [0, 0.1) is 23.7 Å². The highest BCUT2D eigenvalue weighted by molar-refractivity contribution is 5.35. The Morgan fingerprint density at radius 2 is 0.923 bits per heavy atom. The molecule has 0 spiro atoms. The van der Waals surface area contributed by atoms with Gasteiger partial charge in [-0.05, 0) is 62.2 Å². The number of carbonyl (C=O) groups excluding carboxylic acids is 1. The zero-order chi connectivity index (χ0) is 9.26. The maximum atomic E-state index is 9.61. The summed E-state index contributed by atoms with van der Waals surface area (Å²) in [5.41, 5.74) is 0. The van der Waals surface area contributed by atoms with Gasteiger partial charge in [-0.3, -0.25) is 4.79 Å². The third kappa shape index (κ3) is 1.92. The highest BCUT2D eigenvalue weighted by Gasteiger charge is 2.41. The van der Waals surface area contributed by atoms with E-state index in [-0.39, 0.29) is 0 Å². The van der Waals surface area contributed by atoms with E-state index in [0.29, 0.717) is 0 Å². The molecule has 0 N–H and O–H groups in total. The molecule has 0 radical (unpaired) electrons. The van der Waals surface area contributed by atoms with Crippen molar-refractivity contribution < 1.29 is 9.18 Å². The van der Waals surface area contributed by atoms with Gasteiger partial charge in [-0.25, -0.2) is 0 Å². The van der Waals surface area contributed by atoms with E-state index < -0.39 is 6.54 Å². The standard InChI is InChI=1S/C10H16.CHFO/c1-7-2-9-4-8(1)5-10(3-7)6-9;2-1-3/h7-10H,1-6H2;1H. The van der Waals surface area contributed by atoms with Gasteiger partial charge in [-0.15, -0.1) is 0 Å². The number of halogens is 1. The molecule has 4 aliphatic rings. The first-order chi connectivity index (χ1) is 6.31. The summed E-state index contributed by atoms with van der Waals surface area (Å²) in [6.07, 6.45) is 9.62. The van der Waals surface area contributed by atoms with E-state index in [4.69, 9.17) is 4.79 Å². The molecule has 0 saturated heterocycles. The summed E-state index contributed by atoms with van der Waals surface area (Å²) < 4.78 is 9.61. The van der Waals surface area contributed by atoms with Crippen LogP contribution in [-0.2, 0) is 4.79 Å². The zero-order valence-corrected chi connectivity index (χ0v) is 7.92. The maximum Gasteiger partial charge on any atom is 0.289 e. The van der Waals surface area contributed by atoms with Crippen LogP contribution >= 0.6 is 0 Å². The predicted octanol–water partition coefficient (Wildman–Crippen LogP) is 2.98. The number of hydrogen-bond acceptors (Lipinski definition) is 1. The van der Waals surface area contributed by atoms with E-state index >= 15 is 0 Å². The Kier molecular flexibility index (Phi) is 2.66. The van der Waals surface area contributed by atoms with Gasteiger partial charge in [0.05, 0.1) is 0 Å². The molecule has 0 aromatic rings. The van der Waals surface area contributed by atoms with E-state index in [1.807, 2.05) is 0 Å². The molecule has 2 heteroatoms. The minimum absolute atomic E-state index is 0.750. The third-order valence-electron chi connectivity index (χ3n) is 4.00. The van der Waals surface area contributed by atoms with Crippen molar-refractivity contribution in [3.8, 4) is 0 Å². The van der Waals surface area contributed by atoms with Gasteiger partial charge in [0.15, 0.2) is 0 Å². The smallest absolute Gasteiger partial charge is 0.265 e. The minimum Gasteiger partial charge on any atom is -0.265 e. The topological polar surface area (TPSA) is 17.1 Å². The van der Waals surface area contributed by atoms with Crippen LogP contribution in [0.4, 0.5) is 4.39 Å². The van der Waals surface area contributed by atoms with Crippen molar-refractivity contribution in [1.82, 2.24) is 0 Å². The number of hydrogen-bond donors (Lipinski definition) is 0. The predicted molar refractivity (Wildman–Crippen MR) is 49.5 cm³/mol. The molecule has 4 fully saturated rings. The van der Waals surface area contributed by atoms with Crippen molar-refractivity contribution in [3.63, 3.8) is 0 Å². The van der Waals surface area contributed by atoms with E-state index in [9.17, 15) is 4.39 Å². The monoisotopic (exact) mass is 184 g/mol. The van der Waals surface area contributed by atoms with Crippen molar-refractivity contribution in [1.29, 1.82) is 0 Å². The summed E-state index contributed by atoms with van der Waals surface area (Å²) in [7, 11) is 0. The highest BCUT2D eigenvalue weighted by Crippen LogP contribution is 2.53. The lowest BCUT2D eigenvalue weighted by atomic mass is 9.56. The lowest BCUT2D eigenvalue weighted by molar-refractivity contribution is 0.0198. The average molecular weight is 184 g/mol. The Hall–Kier alpha value is -0.400. The summed E-state index contributed by atoms with van der Waals surface area (Å²) >= 11 is 0. The third-order valence-corrected chi connectivity index (χ3v) is 4.00. The van der Waals surface area contributed by atoms with Crippen LogP contribution in [0.5, 0.6) is 0 Å². The molecule has 4 aliphatic carbocycles. The number of rotatable bonds is 0. The van der Waals surface area contributed by atoms with Gasteiger partial charge >= 0.3 is 0 Å². The molecular weight excluding hydrogens is 167 g/mol. The fraction of sp³-hybridized carbons (Fsp3) is 0.909. The molecule has 0 unspecified atom stereocenters. The molecule has 1 nitrogen and oxygen atoms in total. The first-order valence-corrected chi connectivity index (χ1v) is 5.35. The summed E-state index contributed by atoms with van der Waals surface area (Å²) in [6, 6.07) is 0. The molecule has 4 bridgehead atoms. The quantitative estimate of drug-likeness (QED) is 0.418. The van der Waals surface area contributed by atoms with Crippen LogP contribution in [0.2, 0.25) is 0 Å². The van der Waals surface area contributed by atoms with Gasteiger partial charge in [0, 0.05) is 0 Å². The summed E-state index contributed by atoms with van der Waals surface area (Å²) in [6.45, 7) is -0.750. The van der Waals surface area contributed by atoms with Crippen LogP contribution in [0.15, 0.2) is 0 Å². The van der Waals surface area contributed by atoms with E-state index in [2.05, 4.69) is 0 Å². The first kappa shape index (κ1) is 9.17. The Bertz CT molecular complexity index is 134. The molecule has 0 aromatic heterocycles. The largest absolute Gasteiger partial charge is 0.289 e. The molecule has 4 saturated carbocycles. The van der Waals surface area contributed by atoms with Gasteiger partial charge in [0.1, 0.15) is 0 Å². The Morgan fingerprint density at radius 3 is 1.08 bits per heavy atom.